The summed E-state index contributed by atoms with van der Waals surface area (Å²) < 4.78 is 6.85. The minimum Gasteiger partial charge on any atom is -0.492 e. The van der Waals surface area contributed by atoms with E-state index in [0.29, 0.717) is 6.04 Å². The summed E-state index contributed by atoms with van der Waals surface area (Å²) in [6.45, 7) is 8.29. The lowest BCUT2D eigenvalue weighted by Crippen LogP contribution is -2.41. The Kier molecular flexibility index (Phi) is 7.42. The third-order valence-corrected chi connectivity index (χ3v) is 3.65. The van der Waals surface area contributed by atoms with Gasteiger partial charge in [-0.25, -0.2) is 0 Å². The minimum atomic E-state index is 0.550. The summed E-state index contributed by atoms with van der Waals surface area (Å²) in [5.41, 5.74) is 0. The molecule has 0 bridgehead atoms. The summed E-state index contributed by atoms with van der Waals surface area (Å²) >= 11 is 3.42. The summed E-state index contributed by atoms with van der Waals surface area (Å²) in [5, 5.41) is 0. The number of likely N-dealkylation sites (N-methyl/N-ethyl adjacent to an activating group) is 2. The molecule has 0 heterocycles. The molecule has 1 aromatic carbocycles. The minimum absolute atomic E-state index is 0.550. The molecule has 0 amide bonds. The largest absolute Gasteiger partial charge is 0.492 e. The summed E-state index contributed by atoms with van der Waals surface area (Å²) in [6.07, 6.45) is 0. The molecule has 19 heavy (non-hydrogen) atoms. The van der Waals surface area contributed by atoms with Crippen molar-refractivity contribution < 1.29 is 4.74 Å². The number of rotatable bonds is 8. The Morgan fingerprint density at radius 3 is 2.37 bits per heavy atom. The van der Waals surface area contributed by atoms with Gasteiger partial charge < -0.3 is 9.64 Å². The number of halogens is 1. The summed E-state index contributed by atoms with van der Waals surface area (Å²) in [4.78, 5) is 4.67. The van der Waals surface area contributed by atoms with Gasteiger partial charge >= 0.3 is 0 Å². The monoisotopic (exact) mass is 328 g/mol. The van der Waals surface area contributed by atoms with Gasteiger partial charge in [-0.3, -0.25) is 4.90 Å². The van der Waals surface area contributed by atoms with E-state index in [1.807, 2.05) is 24.3 Å². The van der Waals surface area contributed by atoms with Gasteiger partial charge in [0, 0.05) is 23.6 Å². The van der Waals surface area contributed by atoms with Gasteiger partial charge in [0.15, 0.2) is 0 Å². The van der Waals surface area contributed by atoms with E-state index < -0.39 is 0 Å². The molecule has 1 atom stereocenters. The average Bonchev–Trinajstić information content (AvgIpc) is 2.36. The maximum absolute atomic E-state index is 5.77. The Bertz CT molecular complexity index is 354. The van der Waals surface area contributed by atoms with E-state index in [1.54, 1.807) is 0 Å². The predicted octanol–water partition coefficient (Wildman–Crippen LogP) is 3.10. The van der Waals surface area contributed by atoms with E-state index in [0.717, 1.165) is 36.5 Å². The molecule has 1 aromatic rings. The molecule has 4 heteroatoms. The Balaban J connectivity index is 2.35. The van der Waals surface area contributed by atoms with Gasteiger partial charge in [0.25, 0.3) is 0 Å². The van der Waals surface area contributed by atoms with Crippen molar-refractivity contribution in [1.29, 1.82) is 0 Å². The van der Waals surface area contributed by atoms with Gasteiger partial charge in [0.05, 0.1) is 0 Å². The summed E-state index contributed by atoms with van der Waals surface area (Å²) in [6, 6.07) is 8.53. The summed E-state index contributed by atoms with van der Waals surface area (Å²) in [7, 11) is 4.23. The van der Waals surface area contributed by atoms with Gasteiger partial charge in [0.1, 0.15) is 12.4 Å². The van der Waals surface area contributed by atoms with Crippen LogP contribution in [0, 0.1) is 0 Å². The van der Waals surface area contributed by atoms with Crippen LogP contribution in [0.1, 0.15) is 13.8 Å². The number of ether oxygens (including phenoxy) is 1. The Morgan fingerprint density at radius 2 is 1.84 bits per heavy atom. The van der Waals surface area contributed by atoms with Gasteiger partial charge in [-0.15, -0.1) is 0 Å². The predicted molar refractivity (Wildman–Crippen MR) is 84.9 cm³/mol. The quantitative estimate of drug-likeness (QED) is 0.729. The van der Waals surface area contributed by atoms with Crippen molar-refractivity contribution in [2.75, 3.05) is 40.3 Å². The second-order valence-electron chi connectivity index (χ2n) is 5.04. The first kappa shape index (κ1) is 16.5. The normalized spacial score (nSPS) is 13.0. The highest BCUT2D eigenvalue weighted by Gasteiger charge is 2.12. The third kappa shape index (κ3) is 6.41. The molecule has 0 aromatic heterocycles. The SMILES string of the molecule is CCN(CCOc1ccc(Br)cc1)C(C)CN(C)C. The van der Waals surface area contributed by atoms with E-state index >= 15 is 0 Å². The fourth-order valence-electron chi connectivity index (χ4n) is 2.15. The fourth-order valence-corrected chi connectivity index (χ4v) is 2.41. The molecule has 0 radical (unpaired) electrons. The van der Waals surface area contributed by atoms with Crippen LogP contribution in [0.2, 0.25) is 0 Å². The topological polar surface area (TPSA) is 15.7 Å². The average molecular weight is 329 g/mol. The van der Waals surface area contributed by atoms with Crippen LogP contribution >= 0.6 is 15.9 Å². The van der Waals surface area contributed by atoms with Crippen LogP contribution in [-0.4, -0.2) is 56.2 Å². The van der Waals surface area contributed by atoms with E-state index in [-0.39, 0.29) is 0 Å². The van der Waals surface area contributed by atoms with Gasteiger partial charge in [-0.2, -0.15) is 0 Å². The second-order valence-corrected chi connectivity index (χ2v) is 5.96. The number of hydrogen-bond donors (Lipinski definition) is 0. The first-order valence-electron chi connectivity index (χ1n) is 6.80. The first-order chi connectivity index (χ1) is 9.02. The number of hydrogen-bond acceptors (Lipinski definition) is 3. The van der Waals surface area contributed by atoms with Crippen LogP contribution in [0.15, 0.2) is 28.7 Å². The lowest BCUT2D eigenvalue weighted by molar-refractivity contribution is 0.152. The third-order valence-electron chi connectivity index (χ3n) is 3.12. The lowest BCUT2D eigenvalue weighted by Gasteiger charge is -2.29. The van der Waals surface area contributed by atoms with Crippen LogP contribution in [0.5, 0.6) is 5.75 Å². The smallest absolute Gasteiger partial charge is 0.119 e. The molecular weight excluding hydrogens is 304 g/mol. The molecule has 0 fully saturated rings. The van der Waals surface area contributed by atoms with Crippen molar-refractivity contribution in [2.45, 2.75) is 19.9 Å². The van der Waals surface area contributed by atoms with E-state index in [9.17, 15) is 0 Å². The van der Waals surface area contributed by atoms with Gasteiger partial charge in [0.2, 0.25) is 0 Å². The molecule has 0 spiro atoms. The van der Waals surface area contributed by atoms with Gasteiger partial charge in [-0.05, 0) is 51.8 Å². The van der Waals surface area contributed by atoms with Crippen LogP contribution in [0.4, 0.5) is 0 Å². The molecule has 0 aliphatic rings. The van der Waals surface area contributed by atoms with Crippen molar-refractivity contribution in [3.05, 3.63) is 28.7 Å². The van der Waals surface area contributed by atoms with E-state index in [2.05, 4.69) is 53.7 Å². The zero-order valence-corrected chi connectivity index (χ0v) is 14.0. The summed E-state index contributed by atoms with van der Waals surface area (Å²) in [5.74, 6) is 0.930. The second kappa shape index (κ2) is 8.56. The van der Waals surface area contributed by atoms with Crippen molar-refractivity contribution >= 4 is 15.9 Å². The molecule has 0 aliphatic carbocycles. The molecule has 1 unspecified atom stereocenters. The maximum Gasteiger partial charge on any atom is 0.119 e. The molecule has 108 valence electrons. The van der Waals surface area contributed by atoms with Crippen molar-refractivity contribution in [3.8, 4) is 5.75 Å². The highest BCUT2D eigenvalue weighted by Crippen LogP contribution is 2.16. The van der Waals surface area contributed by atoms with Crippen LogP contribution < -0.4 is 4.74 Å². The zero-order chi connectivity index (χ0) is 14.3. The standard InChI is InChI=1S/C15H25BrN2O/c1-5-18(13(2)12-17(3)4)10-11-19-15-8-6-14(16)7-9-15/h6-9,13H,5,10-12H2,1-4H3. The first-order valence-corrected chi connectivity index (χ1v) is 7.59. The van der Waals surface area contributed by atoms with Crippen molar-refractivity contribution in [3.63, 3.8) is 0 Å². The molecule has 0 aliphatic heterocycles. The van der Waals surface area contributed by atoms with E-state index in [4.69, 9.17) is 4.74 Å². The molecule has 3 nitrogen and oxygen atoms in total. The lowest BCUT2D eigenvalue weighted by atomic mass is 10.2. The van der Waals surface area contributed by atoms with Crippen LogP contribution in [0.3, 0.4) is 0 Å². The molecular formula is C15H25BrN2O. The highest BCUT2D eigenvalue weighted by molar-refractivity contribution is 9.10. The Morgan fingerprint density at radius 1 is 1.21 bits per heavy atom. The Labute approximate surface area is 125 Å². The maximum atomic E-state index is 5.77. The number of nitrogens with zero attached hydrogens (tertiary/aromatic N) is 2. The molecule has 0 saturated heterocycles. The zero-order valence-electron chi connectivity index (χ0n) is 12.4. The van der Waals surface area contributed by atoms with Crippen molar-refractivity contribution in [1.82, 2.24) is 9.80 Å². The molecule has 0 saturated carbocycles. The van der Waals surface area contributed by atoms with E-state index in [1.165, 1.54) is 0 Å². The molecule has 1 rings (SSSR count). The van der Waals surface area contributed by atoms with Crippen LogP contribution in [-0.2, 0) is 0 Å². The number of benzene rings is 1. The van der Waals surface area contributed by atoms with Crippen LogP contribution in [0.25, 0.3) is 0 Å². The fraction of sp³-hybridized carbons (Fsp3) is 0.600. The van der Waals surface area contributed by atoms with Gasteiger partial charge in [-0.1, -0.05) is 22.9 Å². The Hall–Kier alpha value is -0.580. The molecule has 0 N–H and O–H groups in total. The van der Waals surface area contributed by atoms with Crippen molar-refractivity contribution in [2.24, 2.45) is 0 Å². The highest BCUT2D eigenvalue weighted by atomic mass is 79.9.